The molecule has 0 aliphatic carbocycles. The Morgan fingerprint density at radius 1 is 1.53 bits per heavy atom. The molecule has 0 aromatic carbocycles. The standard InChI is InChI=1S/C11H15ClN2O2S/c1-2-4-8(9-5-3-6-17-9)13-11(16)14-10(15)7-12/h3,5-6,8H,2,4,7H2,1H3,(H2,13,14,15,16). The van der Waals surface area contributed by atoms with E-state index < -0.39 is 11.9 Å². The number of alkyl halides is 1. The van der Waals surface area contributed by atoms with Crippen LogP contribution >= 0.6 is 22.9 Å². The van der Waals surface area contributed by atoms with Gasteiger partial charge < -0.3 is 5.32 Å². The van der Waals surface area contributed by atoms with Crippen molar-refractivity contribution in [1.82, 2.24) is 10.6 Å². The smallest absolute Gasteiger partial charge is 0.321 e. The second-order valence-corrected chi connectivity index (χ2v) is 4.76. The monoisotopic (exact) mass is 274 g/mol. The predicted octanol–water partition coefficient (Wildman–Crippen LogP) is 2.65. The summed E-state index contributed by atoms with van der Waals surface area (Å²) in [5.41, 5.74) is 0. The second-order valence-electron chi connectivity index (χ2n) is 3.51. The third kappa shape index (κ3) is 4.75. The van der Waals surface area contributed by atoms with Gasteiger partial charge in [-0.15, -0.1) is 22.9 Å². The Morgan fingerprint density at radius 3 is 2.82 bits per heavy atom. The number of carbonyl (C=O) groups excluding carboxylic acids is 2. The van der Waals surface area contributed by atoms with Crippen LogP contribution in [0.2, 0.25) is 0 Å². The topological polar surface area (TPSA) is 58.2 Å². The molecule has 0 saturated carbocycles. The van der Waals surface area contributed by atoms with Crippen molar-refractivity contribution in [3.05, 3.63) is 22.4 Å². The first-order valence-electron chi connectivity index (χ1n) is 5.37. The quantitative estimate of drug-likeness (QED) is 0.811. The highest BCUT2D eigenvalue weighted by atomic mass is 35.5. The minimum Gasteiger partial charge on any atom is -0.330 e. The van der Waals surface area contributed by atoms with Gasteiger partial charge in [-0.05, 0) is 17.9 Å². The van der Waals surface area contributed by atoms with Gasteiger partial charge in [0.25, 0.3) is 0 Å². The van der Waals surface area contributed by atoms with E-state index in [1.807, 2.05) is 24.4 Å². The van der Waals surface area contributed by atoms with E-state index in [2.05, 4.69) is 10.6 Å². The Kier molecular flexibility index (Phi) is 6.00. The van der Waals surface area contributed by atoms with E-state index in [0.717, 1.165) is 17.7 Å². The molecule has 1 aromatic rings. The van der Waals surface area contributed by atoms with Crippen molar-refractivity contribution >= 4 is 34.9 Å². The first-order chi connectivity index (χ1) is 8.17. The molecule has 1 rings (SSSR count). The van der Waals surface area contributed by atoms with E-state index in [4.69, 9.17) is 11.6 Å². The lowest BCUT2D eigenvalue weighted by atomic mass is 10.1. The highest BCUT2D eigenvalue weighted by Gasteiger charge is 2.15. The summed E-state index contributed by atoms with van der Waals surface area (Å²) in [7, 11) is 0. The molecule has 0 bridgehead atoms. The molecular formula is C11H15ClN2O2S. The third-order valence-electron chi connectivity index (χ3n) is 2.14. The molecule has 1 unspecified atom stereocenters. The maximum atomic E-state index is 11.5. The van der Waals surface area contributed by atoms with Crippen molar-refractivity contribution in [3.8, 4) is 0 Å². The van der Waals surface area contributed by atoms with Gasteiger partial charge in [0.15, 0.2) is 0 Å². The van der Waals surface area contributed by atoms with E-state index in [0.29, 0.717) is 0 Å². The summed E-state index contributed by atoms with van der Waals surface area (Å²) >= 11 is 6.89. The van der Waals surface area contributed by atoms with Crippen molar-refractivity contribution in [2.75, 3.05) is 5.88 Å². The number of rotatable bonds is 5. The van der Waals surface area contributed by atoms with Crippen molar-refractivity contribution < 1.29 is 9.59 Å². The number of amides is 3. The van der Waals surface area contributed by atoms with Crippen LogP contribution in [-0.2, 0) is 4.79 Å². The van der Waals surface area contributed by atoms with Gasteiger partial charge in [0.05, 0.1) is 6.04 Å². The van der Waals surface area contributed by atoms with Crippen LogP contribution in [0.25, 0.3) is 0 Å². The summed E-state index contributed by atoms with van der Waals surface area (Å²) in [5, 5.41) is 6.89. The molecular weight excluding hydrogens is 260 g/mol. The Labute approximate surface area is 109 Å². The highest BCUT2D eigenvalue weighted by Crippen LogP contribution is 2.22. The number of carbonyl (C=O) groups is 2. The molecule has 4 nitrogen and oxygen atoms in total. The summed E-state index contributed by atoms with van der Waals surface area (Å²) in [6, 6.07) is 3.35. The first-order valence-corrected chi connectivity index (χ1v) is 6.78. The molecule has 0 aliphatic heterocycles. The number of halogens is 1. The molecule has 0 fully saturated rings. The summed E-state index contributed by atoms with van der Waals surface area (Å²) in [6.45, 7) is 2.05. The zero-order valence-corrected chi connectivity index (χ0v) is 11.1. The van der Waals surface area contributed by atoms with E-state index in [-0.39, 0.29) is 11.9 Å². The summed E-state index contributed by atoms with van der Waals surface area (Å²) in [5.74, 6) is -0.712. The SMILES string of the molecule is CCCC(NC(=O)NC(=O)CCl)c1cccs1. The summed E-state index contributed by atoms with van der Waals surface area (Å²) in [6.07, 6.45) is 1.79. The normalized spacial score (nSPS) is 11.9. The van der Waals surface area contributed by atoms with E-state index in [1.165, 1.54) is 0 Å². The Morgan fingerprint density at radius 2 is 2.29 bits per heavy atom. The first kappa shape index (κ1) is 14.0. The fraction of sp³-hybridized carbons (Fsp3) is 0.455. The van der Waals surface area contributed by atoms with E-state index in [1.54, 1.807) is 11.3 Å². The molecule has 0 spiro atoms. The fourth-order valence-corrected chi connectivity index (χ4v) is 2.30. The lowest BCUT2D eigenvalue weighted by Gasteiger charge is -2.16. The van der Waals surface area contributed by atoms with Gasteiger partial charge in [-0.2, -0.15) is 0 Å². The molecule has 1 atom stereocenters. The predicted molar refractivity (Wildman–Crippen MR) is 69.4 cm³/mol. The lowest BCUT2D eigenvalue weighted by molar-refractivity contribution is -0.117. The molecule has 1 heterocycles. The van der Waals surface area contributed by atoms with Gasteiger partial charge in [-0.1, -0.05) is 19.4 Å². The van der Waals surface area contributed by atoms with Crippen molar-refractivity contribution in [3.63, 3.8) is 0 Å². The summed E-state index contributed by atoms with van der Waals surface area (Å²) < 4.78 is 0. The molecule has 6 heteroatoms. The van der Waals surface area contributed by atoms with Gasteiger partial charge in [0.1, 0.15) is 5.88 Å². The second kappa shape index (κ2) is 7.29. The van der Waals surface area contributed by atoms with Gasteiger partial charge in [-0.3, -0.25) is 10.1 Å². The lowest BCUT2D eigenvalue weighted by Crippen LogP contribution is -2.41. The molecule has 1 aromatic heterocycles. The van der Waals surface area contributed by atoms with Gasteiger partial charge in [-0.25, -0.2) is 4.79 Å². The molecule has 0 aliphatic rings. The average molecular weight is 275 g/mol. The van der Waals surface area contributed by atoms with Crippen LogP contribution < -0.4 is 10.6 Å². The summed E-state index contributed by atoms with van der Waals surface area (Å²) in [4.78, 5) is 23.5. The Bertz CT molecular complexity index is 368. The van der Waals surface area contributed by atoms with E-state index >= 15 is 0 Å². The van der Waals surface area contributed by atoms with Gasteiger partial charge in [0.2, 0.25) is 5.91 Å². The number of urea groups is 1. The minimum atomic E-state index is -0.498. The van der Waals surface area contributed by atoms with Crippen molar-refractivity contribution in [1.29, 1.82) is 0 Å². The van der Waals surface area contributed by atoms with Crippen LogP contribution in [0.3, 0.4) is 0 Å². The maximum Gasteiger partial charge on any atom is 0.321 e. The number of imide groups is 1. The molecule has 94 valence electrons. The zero-order chi connectivity index (χ0) is 12.7. The van der Waals surface area contributed by atoms with Crippen molar-refractivity contribution in [2.45, 2.75) is 25.8 Å². The van der Waals surface area contributed by atoms with Crippen LogP contribution in [0.15, 0.2) is 17.5 Å². The highest BCUT2D eigenvalue weighted by molar-refractivity contribution is 7.10. The van der Waals surface area contributed by atoms with E-state index in [9.17, 15) is 9.59 Å². The van der Waals surface area contributed by atoms with Crippen LogP contribution in [0.4, 0.5) is 4.79 Å². The fourth-order valence-electron chi connectivity index (χ4n) is 1.42. The number of hydrogen-bond acceptors (Lipinski definition) is 3. The molecule has 0 radical (unpaired) electrons. The van der Waals surface area contributed by atoms with Crippen molar-refractivity contribution in [2.24, 2.45) is 0 Å². The van der Waals surface area contributed by atoms with Crippen LogP contribution in [0.1, 0.15) is 30.7 Å². The third-order valence-corrected chi connectivity index (χ3v) is 3.37. The van der Waals surface area contributed by atoms with Crippen LogP contribution in [0, 0.1) is 0 Å². The minimum absolute atomic E-state index is 0.0527. The Balaban J connectivity index is 2.55. The average Bonchev–Trinajstić information content (AvgIpc) is 2.81. The molecule has 17 heavy (non-hydrogen) atoms. The molecule has 3 amide bonds. The van der Waals surface area contributed by atoms with Crippen LogP contribution in [0.5, 0.6) is 0 Å². The Hall–Kier alpha value is -1.07. The van der Waals surface area contributed by atoms with Gasteiger partial charge >= 0.3 is 6.03 Å². The maximum absolute atomic E-state index is 11.5. The number of hydrogen-bond donors (Lipinski definition) is 2. The largest absolute Gasteiger partial charge is 0.330 e. The number of nitrogens with one attached hydrogen (secondary N) is 2. The van der Waals surface area contributed by atoms with Crippen LogP contribution in [-0.4, -0.2) is 17.8 Å². The zero-order valence-electron chi connectivity index (χ0n) is 9.53. The number of thiophene rings is 1. The molecule has 0 saturated heterocycles. The van der Waals surface area contributed by atoms with Gasteiger partial charge in [0, 0.05) is 4.88 Å². The molecule has 2 N–H and O–H groups in total.